The molecule has 0 saturated carbocycles. The van der Waals surface area contributed by atoms with Crippen LogP contribution in [0.1, 0.15) is 107 Å². The fourth-order valence-electron chi connectivity index (χ4n) is 3.12. The maximum Gasteiger partial charge on any atom is 0.0267 e. The highest BCUT2D eigenvalue weighted by Crippen LogP contribution is 2.26. The zero-order valence-electron chi connectivity index (χ0n) is 15.5. The monoisotopic (exact) mass is 334 g/mol. The lowest BCUT2D eigenvalue weighted by Crippen LogP contribution is -1.93. The van der Waals surface area contributed by atoms with Gasteiger partial charge in [-0.15, -0.1) is 0 Å². The SMILES string of the molecule is CCCCCCCCc1ccc(C(S)CCCCCCC)cc1. The molecule has 132 valence electrons. The zero-order chi connectivity index (χ0) is 16.8. The number of hydrogen-bond acceptors (Lipinski definition) is 1. The lowest BCUT2D eigenvalue weighted by molar-refractivity contribution is 0.604. The average molecular weight is 335 g/mol. The molecule has 0 aliphatic carbocycles. The second kappa shape index (κ2) is 14.0. The Morgan fingerprint density at radius 1 is 0.696 bits per heavy atom. The van der Waals surface area contributed by atoms with Gasteiger partial charge in [0.25, 0.3) is 0 Å². The molecule has 0 saturated heterocycles. The van der Waals surface area contributed by atoms with Crippen LogP contribution in [0, 0.1) is 0 Å². The summed E-state index contributed by atoms with van der Waals surface area (Å²) < 4.78 is 0. The molecule has 1 aromatic carbocycles. The lowest BCUT2D eigenvalue weighted by atomic mass is 10.0. The molecule has 0 fully saturated rings. The van der Waals surface area contributed by atoms with Crippen molar-refractivity contribution in [2.45, 2.75) is 103 Å². The number of benzene rings is 1. The Morgan fingerprint density at radius 2 is 1.22 bits per heavy atom. The molecular formula is C22H38S. The number of unbranched alkanes of at least 4 members (excludes halogenated alkanes) is 9. The predicted molar refractivity (Wildman–Crippen MR) is 109 cm³/mol. The minimum atomic E-state index is 0.416. The molecule has 0 N–H and O–H groups in total. The van der Waals surface area contributed by atoms with Gasteiger partial charge < -0.3 is 0 Å². The van der Waals surface area contributed by atoms with Crippen LogP contribution in [0.4, 0.5) is 0 Å². The van der Waals surface area contributed by atoms with Gasteiger partial charge in [0.1, 0.15) is 0 Å². The van der Waals surface area contributed by atoms with Gasteiger partial charge in [-0.05, 0) is 30.4 Å². The summed E-state index contributed by atoms with van der Waals surface area (Å²) in [6.07, 6.45) is 17.5. The third-order valence-electron chi connectivity index (χ3n) is 4.76. The Bertz CT molecular complexity index is 368. The normalized spacial score (nSPS) is 12.5. The van der Waals surface area contributed by atoms with Crippen LogP contribution >= 0.6 is 12.6 Å². The van der Waals surface area contributed by atoms with Crippen molar-refractivity contribution in [3.63, 3.8) is 0 Å². The van der Waals surface area contributed by atoms with Gasteiger partial charge in [-0.2, -0.15) is 12.6 Å². The van der Waals surface area contributed by atoms with E-state index in [1.54, 1.807) is 0 Å². The summed E-state index contributed by atoms with van der Waals surface area (Å²) in [5.74, 6) is 0. The molecule has 0 nitrogen and oxygen atoms in total. The Balaban J connectivity index is 2.18. The summed E-state index contributed by atoms with van der Waals surface area (Å²) in [5.41, 5.74) is 2.89. The van der Waals surface area contributed by atoms with E-state index in [2.05, 4.69) is 38.1 Å². The van der Waals surface area contributed by atoms with Crippen LogP contribution < -0.4 is 0 Å². The quantitative estimate of drug-likeness (QED) is 0.259. The maximum absolute atomic E-state index is 4.80. The third-order valence-corrected chi connectivity index (χ3v) is 5.32. The van der Waals surface area contributed by atoms with E-state index < -0.39 is 0 Å². The summed E-state index contributed by atoms with van der Waals surface area (Å²) in [6, 6.07) is 9.25. The molecule has 0 aliphatic heterocycles. The van der Waals surface area contributed by atoms with Gasteiger partial charge >= 0.3 is 0 Å². The predicted octanol–water partition coefficient (Wildman–Crippen LogP) is 7.92. The highest BCUT2D eigenvalue weighted by Gasteiger charge is 2.06. The Kier molecular flexibility index (Phi) is 12.5. The first-order valence-electron chi connectivity index (χ1n) is 10.0. The minimum Gasteiger partial charge on any atom is -0.171 e. The van der Waals surface area contributed by atoms with Gasteiger partial charge in [-0.3, -0.25) is 0 Å². The Labute approximate surface area is 150 Å². The van der Waals surface area contributed by atoms with Crippen LogP contribution in [0.2, 0.25) is 0 Å². The lowest BCUT2D eigenvalue weighted by Gasteiger charge is -2.12. The highest BCUT2D eigenvalue weighted by atomic mass is 32.1. The topological polar surface area (TPSA) is 0 Å². The number of aryl methyl sites for hydroxylation is 1. The minimum absolute atomic E-state index is 0.416. The van der Waals surface area contributed by atoms with Gasteiger partial charge in [-0.1, -0.05) is 102 Å². The largest absolute Gasteiger partial charge is 0.171 e. The zero-order valence-corrected chi connectivity index (χ0v) is 16.4. The molecule has 0 bridgehead atoms. The molecule has 0 aliphatic rings. The first-order valence-corrected chi connectivity index (χ1v) is 10.6. The average Bonchev–Trinajstić information content (AvgIpc) is 2.58. The molecule has 0 radical (unpaired) electrons. The summed E-state index contributed by atoms with van der Waals surface area (Å²) in [7, 11) is 0. The molecule has 1 aromatic rings. The van der Waals surface area contributed by atoms with E-state index in [-0.39, 0.29) is 0 Å². The molecule has 23 heavy (non-hydrogen) atoms. The van der Waals surface area contributed by atoms with Crippen LogP contribution in [0.3, 0.4) is 0 Å². The highest BCUT2D eigenvalue weighted by molar-refractivity contribution is 7.80. The Hall–Kier alpha value is -0.430. The van der Waals surface area contributed by atoms with Gasteiger partial charge in [0.2, 0.25) is 0 Å². The maximum atomic E-state index is 4.80. The van der Waals surface area contributed by atoms with Crippen molar-refractivity contribution in [2.75, 3.05) is 0 Å². The summed E-state index contributed by atoms with van der Waals surface area (Å²) in [4.78, 5) is 0. The van der Waals surface area contributed by atoms with E-state index in [1.165, 1.54) is 94.6 Å². The first kappa shape index (κ1) is 20.6. The van der Waals surface area contributed by atoms with E-state index >= 15 is 0 Å². The van der Waals surface area contributed by atoms with E-state index in [1.807, 2.05) is 0 Å². The van der Waals surface area contributed by atoms with Gasteiger partial charge in [0.05, 0.1) is 0 Å². The third kappa shape index (κ3) is 10.1. The summed E-state index contributed by atoms with van der Waals surface area (Å²) in [5, 5.41) is 0.416. The van der Waals surface area contributed by atoms with E-state index in [0.717, 1.165) is 0 Å². The molecule has 0 heterocycles. The second-order valence-electron chi connectivity index (χ2n) is 6.98. The molecule has 0 aromatic heterocycles. The molecular weight excluding hydrogens is 296 g/mol. The van der Waals surface area contributed by atoms with Crippen LogP contribution in [0.15, 0.2) is 24.3 Å². The fourth-order valence-corrected chi connectivity index (χ4v) is 3.48. The standard InChI is InChI=1S/C22H38S/c1-3-5-7-9-11-12-14-20-16-18-21(19-17-20)22(23)15-13-10-8-6-4-2/h16-19,22-23H,3-15H2,1-2H3. The van der Waals surface area contributed by atoms with Crippen molar-refractivity contribution in [1.82, 2.24) is 0 Å². The smallest absolute Gasteiger partial charge is 0.0267 e. The molecule has 1 unspecified atom stereocenters. The van der Waals surface area contributed by atoms with Crippen molar-refractivity contribution in [2.24, 2.45) is 0 Å². The molecule has 1 heteroatoms. The molecule has 1 rings (SSSR count). The van der Waals surface area contributed by atoms with E-state index in [9.17, 15) is 0 Å². The Morgan fingerprint density at radius 3 is 1.83 bits per heavy atom. The van der Waals surface area contributed by atoms with Crippen molar-refractivity contribution in [3.8, 4) is 0 Å². The second-order valence-corrected chi connectivity index (χ2v) is 7.60. The van der Waals surface area contributed by atoms with Crippen LogP contribution in [-0.4, -0.2) is 0 Å². The van der Waals surface area contributed by atoms with Crippen molar-refractivity contribution in [3.05, 3.63) is 35.4 Å². The summed E-state index contributed by atoms with van der Waals surface area (Å²) >= 11 is 4.80. The van der Waals surface area contributed by atoms with Crippen LogP contribution in [0.25, 0.3) is 0 Å². The summed E-state index contributed by atoms with van der Waals surface area (Å²) in [6.45, 7) is 4.55. The van der Waals surface area contributed by atoms with Crippen LogP contribution in [-0.2, 0) is 6.42 Å². The van der Waals surface area contributed by atoms with Gasteiger partial charge in [0, 0.05) is 5.25 Å². The number of rotatable bonds is 14. The first-order chi connectivity index (χ1) is 11.3. The molecule has 0 spiro atoms. The van der Waals surface area contributed by atoms with Gasteiger partial charge in [-0.25, -0.2) is 0 Å². The van der Waals surface area contributed by atoms with Crippen molar-refractivity contribution >= 4 is 12.6 Å². The van der Waals surface area contributed by atoms with E-state index in [0.29, 0.717) is 5.25 Å². The number of thiol groups is 1. The fraction of sp³-hybridized carbons (Fsp3) is 0.727. The van der Waals surface area contributed by atoms with E-state index in [4.69, 9.17) is 12.6 Å². The van der Waals surface area contributed by atoms with Gasteiger partial charge in [0.15, 0.2) is 0 Å². The van der Waals surface area contributed by atoms with Crippen molar-refractivity contribution in [1.29, 1.82) is 0 Å². The molecule has 1 atom stereocenters. The number of hydrogen-bond donors (Lipinski definition) is 1. The molecule has 0 amide bonds. The van der Waals surface area contributed by atoms with Crippen molar-refractivity contribution < 1.29 is 0 Å². The van der Waals surface area contributed by atoms with Crippen LogP contribution in [0.5, 0.6) is 0 Å².